The normalized spacial score (nSPS) is 32.0. The summed E-state index contributed by atoms with van der Waals surface area (Å²) in [5.41, 5.74) is 0. The van der Waals surface area contributed by atoms with Gasteiger partial charge in [0.05, 0.1) is 0 Å². The van der Waals surface area contributed by atoms with Gasteiger partial charge in [-0.3, -0.25) is 14.0 Å². The minimum Gasteiger partial charge on any atom is -0.298 e. The third-order valence-electron chi connectivity index (χ3n) is 3.97. The quantitative estimate of drug-likeness (QED) is 0.738. The second kappa shape index (κ2) is 5.61. The molecule has 94 valence electrons. The van der Waals surface area contributed by atoms with Crippen LogP contribution < -0.4 is 0 Å². The Bertz CT molecular complexity index is 259. The molecule has 0 aromatic carbocycles. The Morgan fingerprint density at radius 2 is 2.12 bits per heavy atom. The Hall–Kier alpha value is 0.0700. The molecule has 2 rings (SSSR count). The highest BCUT2D eigenvalue weighted by Crippen LogP contribution is 2.22. The van der Waals surface area contributed by atoms with Crippen LogP contribution >= 0.6 is 0 Å². The Morgan fingerprint density at radius 1 is 1.31 bits per heavy atom. The second-order valence-corrected chi connectivity index (χ2v) is 6.75. The lowest BCUT2D eigenvalue weighted by Crippen LogP contribution is -2.57. The molecule has 0 N–H and O–H groups in total. The van der Waals surface area contributed by atoms with Crippen LogP contribution in [-0.4, -0.2) is 64.3 Å². The van der Waals surface area contributed by atoms with E-state index in [4.69, 9.17) is 0 Å². The van der Waals surface area contributed by atoms with Gasteiger partial charge in [0.2, 0.25) is 0 Å². The maximum absolute atomic E-state index is 11.3. The van der Waals surface area contributed by atoms with E-state index in [1.165, 1.54) is 38.9 Å². The first-order valence-corrected chi connectivity index (χ1v) is 8.17. The first-order chi connectivity index (χ1) is 7.66. The standard InChI is InChI=1S/C12H24N2OS/c1-11(10-16(2)15)14-8-7-13-6-4-3-5-12(13)9-14/h11-12H,3-10H2,1-2H3. The van der Waals surface area contributed by atoms with E-state index in [0.717, 1.165) is 18.3 Å². The fourth-order valence-corrected chi connectivity index (χ4v) is 3.92. The van der Waals surface area contributed by atoms with Crippen molar-refractivity contribution < 1.29 is 4.21 Å². The molecule has 2 saturated heterocycles. The van der Waals surface area contributed by atoms with Crippen molar-refractivity contribution in [1.82, 2.24) is 9.80 Å². The fraction of sp³-hybridized carbons (Fsp3) is 1.00. The summed E-state index contributed by atoms with van der Waals surface area (Å²) < 4.78 is 11.3. The SMILES string of the molecule is CC(CS(C)=O)N1CCN2CCCCC2C1. The number of rotatable bonds is 3. The van der Waals surface area contributed by atoms with Crippen molar-refractivity contribution in [2.24, 2.45) is 0 Å². The van der Waals surface area contributed by atoms with Gasteiger partial charge in [0.15, 0.2) is 0 Å². The summed E-state index contributed by atoms with van der Waals surface area (Å²) in [6.45, 7) is 7.09. The molecule has 0 spiro atoms. The van der Waals surface area contributed by atoms with Gasteiger partial charge in [0, 0.05) is 54.5 Å². The largest absolute Gasteiger partial charge is 0.298 e. The predicted molar refractivity (Wildman–Crippen MR) is 69.2 cm³/mol. The molecule has 0 aromatic heterocycles. The fourth-order valence-electron chi connectivity index (χ4n) is 3.03. The van der Waals surface area contributed by atoms with Crippen molar-refractivity contribution in [3.63, 3.8) is 0 Å². The van der Waals surface area contributed by atoms with E-state index in [1.807, 2.05) is 6.26 Å². The Kier molecular flexibility index (Phi) is 4.39. The highest BCUT2D eigenvalue weighted by molar-refractivity contribution is 7.84. The van der Waals surface area contributed by atoms with E-state index in [2.05, 4.69) is 16.7 Å². The van der Waals surface area contributed by atoms with Crippen molar-refractivity contribution in [1.29, 1.82) is 0 Å². The molecule has 2 fully saturated rings. The number of piperazine rings is 1. The van der Waals surface area contributed by atoms with Gasteiger partial charge < -0.3 is 0 Å². The third-order valence-corrected chi connectivity index (χ3v) is 4.92. The maximum Gasteiger partial charge on any atom is 0.0385 e. The summed E-state index contributed by atoms with van der Waals surface area (Å²) in [7, 11) is -0.662. The van der Waals surface area contributed by atoms with E-state index >= 15 is 0 Å². The molecule has 3 nitrogen and oxygen atoms in total. The van der Waals surface area contributed by atoms with E-state index in [0.29, 0.717) is 6.04 Å². The summed E-state index contributed by atoms with van der Waals surface area (Å²) in [5.74, 6) is 0.826. The van der Waals surface area contributed by atoms with Crippen molar-refractivity contribution in [3.05, 3.63) is 0 Å². The number of nitrogens with zero attached hydrogens (tertiary/aromatic N) is 2. The smallest absolute Gasteiger partial charge is 0.0385 e. The minimum absolute atomic E-state index is 0.481. The third kappa shape index (κ3) is 3.05. The van der Waals surface area contributed by atoms with Gasteiger partial charge in [-0.15, -0.1) is 0 Å². The van der Waals surface area contributed by atoms with Crippen LogP contribution in [0.3, 0.4) is 0 Å². The molecule has 16 heavy (non-hydrogen) atoms. The van der Waals surface area contributed by atoms with Crippen molar-refractivity contribution in [2.75, 3.05) is 38.2 Å². The molecule has 2 aliphatic heterocycles. The first-order valence-electron chi connectivity index (χ1n) is 6.45. The van der Waals surface area contributed by atoms with E-state index < -0.39 is 10.8 Å². The number of hydrogen-bond donors (Lipinski definition) is 0. The molecule has 4 heteroatoms. The molecular weight excluding hydrogens is 220 g/mol. The Labute approximate surface area is 102 Å². The molecule has 0 saturated carbocycles. The molecule has 0 aromatic rings. The summed E-state index contributed by atoms with van der Waals surface area (Å²) in [6, 6.07) is 1.25. The van der Waals surface area contributed by atoms with Gasteiger partial charge in [-0.2, -0.15) is 0 Å². The topological polar surface area (TPSA) is 23.6 Å². The summed E-state index contributed by atoms with van der Waals surface area (Å²) in [6.07, 6.45) is 5.94. The zero-order valence-electron chi connectivity index (χ0n) is 10.5. The highest BCUT2D eigenvalue weighted by atomic mass is 32.2. The van der Waals surface area contributed by atoms with Crippen molar-refractivity contribution in [3.8, 4) is 0 Å². The van der Waals surface area contributed by atoms with Crippen molar-refractivity contribution >= 4 is 10.8 Å². The molecule has 3 atom stereocenters. The predicted octanol–water partition coefficient (Wildman–Crippen LogP) is 0.924. The van der Waals surface area contributed by atoms with E-state index in [-0.39, 0.29) is 0 Å². The molecule has 2 aliphatic rings. The van der Waals surface area contributed by atoms with E-state index in [1.54, 1.807) is 0 Å². The minimum atomic E-state index is -0.662. The molecule has 0 bridgehead atoms. The van der Waals surface area contributed by atoms with Gasteiger partial charge >= 0.3 is 0 Å². The lowest BCUT2D eigenvalue weighted by Gasteiger charge is -2.45. The zero-order chi connectivity index (χ0) is 11.5. The maximum atomic E-state index is 11.3. The molecule has 0 amide bonds. The number of hydrogen-bond acceptors (Lipinski definition) is 3. The first kappa shape index (κ1) is 12.5. The summed E-state index contributed by atoms with van der Waals surface area (Å²) in [4.78, 5) is 5.18. The van der Waals surface area contributed by atoms with Crippen LogP contribution in [-0.2, 0) is 10.8 Å². The van der Waals surface area contributed by atoms with Crippen molar-refractivity contribution in [2.45, 2.75) is 38.3 Å². The number of fused-ring (bicyclic) bond motifs is 1. The molecule has 0 aliphatic carbocycles. The van der Waals surface area contributed by atoms with E-state index in [9.17, 15) is 4.21 Å². The second-order valence-electron chi connectivity index (χ2n) is 5.27. The Balaban J connectivity index is 1.86. The molecule has 0 radical (unpaired) electrons. The lowest BCUT2D eigenvalue weighted by atomic mass is 9.99. The number of piperidine rings is 1. The molecular formula is C12H24N2OS. The zero-order valence-corrected chi connectivity index (χ0v) is 11.3. The van der Waals surface area contributed by atoms with Crippen LogP contribution in [0.15, 0.2) is 0 Å². The van der Waals surface area contributed by atoms with Crippen LogP contribution in [0.1, 0.15) is 26.2 Å². The molecule has 3 unspecified atom stereocenters. The summed E-state index contributed by atoms with van der Waals surface area (Å²) >= 11 is 0. The van der Waals surface area contributed by atoms with Gasteiger partial charge in [0.25, 0.3) is 0 Å². The van der Waals surface area contributed by atoms with Gasteiger partial charge in [0.1, 0.15) is 0 Å². The highest BCUT2D eigenvalue weighted by Gasteiger charge is 2.30. The average molecular weight is 244 g/mol. The van der Waals surface area contributed by atoms with Crippen LogP contribution in [0.5, 0.6) is 0 Å². The van der Waals surface area contributed by atoms with Gasteiger partial charge in [-0.1, -0.05) is 6.42 Å². The monoisotopic (exact) mass is 244 g/mol. The van der Waals surface area contributed by atoms with Crippen LogP contribution in [0.2, 0.25) is 0 Å². The van der Waals surface area contributed by atoms with Gasteiger partial charge in [-0.25, -0.2) is 0 Å². The Morgan fingerprint density at radius 3 is 2.88 bits per heavy atom. The van der Waals surface area contributed by atoms with Crippen LogP contribution in [0.4, 0.5) is 0 Å². The summed E-state index contributed by atoms with van der Waals surface area (Å²) in [5, 5.41) is 0. The lowest BCUT2D eigenvalue weighted by molar-refractivity contribution is 0.0355. The van der Waals surface area contributed by atoms with Crippen LogP contribution in [0.25, 0.3) is 0 Å². The molecule has 2 heterocycles. The van der Waals surface area contributed by atoms with Gasteiger partial charge in [-0.05, 0) is 26.3 Å². The average Bonchev–Trinajstić information content (AvgIpc) is 2.27. The van der Waals surface area contributed by atoms with Crippen LogP contribution in [0, 0.1) is 0 Å².